The fraction of sp³-hybridized carbons (Fsp3) is 0.591. The normalized spacial score (nSPS) is 18.5. The first-order chi connectivity index (χ1) is 14.2. The van der Waals surface area contributed by atoms with E-state index in [-0.39, 0.29) is 11.9 Å². The molecule has 0 saturated carbocycles. The minimum atomic E-state index is -4.33. The lowest BCUT2D eigenvalue weighted by molar-refractivity contribution is -0.137. The van der Waals surface area contributed by atoms with Crippen molar-refractivity contribution < 1.29 is 18.0 Å². The topological polar surface area (TPSA) is 48.3 Å². The number of carbonyl (C=O) groups excluding carboxylic acids is 1. The van der Waals surface area contributed by atoms with E-state index in [2.05, 4.69) is 21.0 Å². The Morgan fingerprint density at radius 3 is 2.60 bits per heavy atom. The van der Waals surface area contributed by atoms with Crippen molar-refractivity contribution in [3.8, 4) is 12.3 Å². The SMILES string of the molecule is C#CCCC1(CCC(=O)N2CCC(N(C)Cc3cccc(C(F)(F)F)c3)CC2)N=N1. The predicted molar refractivity (Wildman–Crippen MR) is 107 cm³/mol. The first-order valence-corrected chi connectivity index (χ1v) is 10.2. The molecule has 2 aliphatic rings. The molecule has 1 aromatic carbocycles. The van der Waals surface area contributed by atoms with Crippen LogP contribution in [0.5, 0.6) is 0 Å². The highest BCUT2D eigenvalue weighted by atomic mass is 19.4. The van der Waals surface area contributed by atoms with Gasteiger partial charge in [-0.2, -0.15) is 23.4 Å². The Kier molecular flexibility index (Phi) is 6.81. The summed E-state index contributed by atoms with van der Waals surface area (Å²) in [5.74, 6) is 2.69. The lowest BCUT2D eigenvalue weighted by Gasteiger charge is -2.37. The molecule has 1 fully saturated rings. The van der Waals surface area contributed by atoms with Crippen molar-refractivity contribution in [3.05, 3.63) is 35.4 Å². The number of nitrogens with zero attached hydrogens (tertiary/aromatic N) is 4. The van der Waals surface area contributed by atoms with Crippen LogP contribution in [0.2, 0.25) is 0 Å². The van der Waals surface area contributed by atoms with Crippen molar-refractivity contribution in [1.82, 2.24) is 9.80 Å². The van der Waals surface area contributed by atoms with Gasteiger partial charge in [0.05, 0.1) is 5.56 Å². The number of carbonyl (C=O) groups is 1. The standard InChI is InChI=1S/C22H27F3N4O/c1-3-4-11-21(26-27-21)12-8-20(30)29-13-9-19(10-14-29)28(2)16-17-6-5-7-18(15-17)22(23,24)25/h1,5-7,15,19H,4,8-14,16H2,2H3. The Balaban J connectivity index is 1.44. The van der Waals surface area contributed by atoms with Crippen LogP contribution >= 0.6 is 0 Å². The van der Waals surface area contributed by atoms with Gasteiger partial charge in [-0.3, -0.25) is 9.69 Å². The fourth-order valence-electron chi connectivity index (χ4n) is 3.95. The molecule has 0 N–H and O–H groups in total. The third-order valence-corrected chi connectivity index (χ3v) is 5.92. The number of hydrogen-bond acceptors (Lipinski definition) is 4. The summed E-state index contributed by atoms with van der Waals surface area (Å²) in [5, 5.41) is 8.13. The van der Waals surface area contributed by atoms with Crippen LogP contribution < -0.4 is 0 Å². The fourth-order valence-corrected chi connectivity index (χ4v) is 3.95. The number of hydrogen-bond donors (Lipinski definition) is 0. The van der Waals surface area contributed by atoms with E-state index in [1.54, 1.807) is 6.07 Å². The quantitative estimate of drug-likeness (QED) is 0.582. The molecule has 0 atom stereocenters. The maximum Gasteiger partial charge on any atom is 0.416 e. The second-order valence-electron chi connectivity index (χ2n) is 8.11. The number of terminal acetylenes is 1. The summed E-state index contributed by atoms with van der Waals surface area (Å²) < 4.78 is 38.7. The Morgan fingerprint density at radius 1 is 1.30 bits per heavy atom. The van der Waals surface area contributed by atoms with Gasteiger partial charge in [0.2, 0.25) is 5.91 Å². The zero-order valence-electron chi connectivity index (χ0n) is 17.2. The second kappa shape index (κ2) is 9.17. The monoisotopic (exact) mass is 420 g/mol. The maximum atomic E-state index is 12.9. The molecule has 3 rings (SSSR count). The Bertz CT molecular complexity index is 816. The van der Waals surface area contributed by atoms with Gasteiger partial charge in [-0.05, 0) is 31.5 Å². The number of alkyl halides is 3. The molecule has 0 aliphatic carbocycles. The van der Waals surface area contributed by atoms with Crippen LogP contribution in [0.25, 0.3) is 0 Å². The molecule has 8 heteroatoms. The number of benzene rings is 1. The Labute approximate surface area is 175 Å². The highest BCUT2D eigenvalue weighted by Gasteiger charge is 2.40. The molecule has 1 amide bonds. The summed E-state index contributed by atoms with van der Waals surface area (Å²) >= 11 is 0. The van der Waals surface area contributed by atoms with Gasteiger partial charge >= 0.3 is 6.18 Å². The first-order valence-electron chi connectivity index (χ1n) is 10.2. The van der Waals surface area contributed by atoms with Crippen molar-refractivity contribution in [2.24, 2.45) is 10.2 Å². The minimum Gasteiger partial charge on any atom is -0.343 e. The average molecular weight is 420 g/mol. The Morgan fingerprint density at radius 2 is 2.00 bits per heavy atom. The molecule has 0 spiro atoms. The third kappa shape index (κ3) is 5.82. The van der Waals surface area contributed by atoms with Crippen molar-refractivity contribution in [2.75, 3.05) is 20.1 Å². The highest BCUT2D eigenvalue weighted by Crippen LogP contribution is 2.38. The summed E-state index contributed by atoms with van der Waals surface area (Å²) in [7, 11) is 1.92. The van der Waals surface area contributed by atoms with Gasteiger partial charge in [0, 0.05) is 51.4 Å². The van der Waals surface area contributed by atoms with E-state index in [0.29, 0.717) is 50.9 Å². The van der Waals surface area contributed by atoms with Gasteiger partial charge < -0.3 is 4.90 Å². The molecule has 0 aromatic heterocycles. The van der Waals surface area contributed by atoms with Crippen molar-refractivity contribution in [3.63, 3.8) is 0 Å². The Hall–Kier alpha value is -2.40. The first kappa shape index (κ1) is 22.3. The zero-order chi connectivity index (χ0) is 21.8. The van der Waals surface area contributed by atoms with Crippen LogP contribution in [0.15, 0.2) is 34.5 Å². The van der Waals surface area contributed by atoms with Crippen molar-refractivity contribution in [2.45, 2.75) is 63.0 Å². The van der Waals surface area contributed by atoms with Crippen LogP contribution in [0, 0.1) is 12.3 Å². The molecule has 162 valence electrons. The van der Waals surface area contributed by atoms with Crippen LogP contribution in [-0.2, 0) is 17.5 Å². The predicted octanol–water partition coefficient (Wildman–Crippen LogP) is 4.48. The van der Waals surface area contributed by atoms with Crippen LogP contribution in [-0.4, -0.2) is 47.5 Å². The van der Waals surface area contributed by atoms with Gasteiger partial charge in [-0.25, -0.2) is 0 Å². The van der Waals surface area contributed by atoms with Gasteiger partial charge in [0.25, 0.3) is 0 Å². The summed E-state index contributed by atoms with van der Waals surface area (Å²) in [4.78, 5) is 16.5. The summed E-state index contributed by atoms with van der Waals surface area (Å²) in [6.45, 7) is 1.76. The number of halogens is 3. The van der Waals surface area contributed by atoms with E-state index in [1.165, 1.54) is 12.1 Å². The average Bonchev–Trinajstić information content (AvgIpc) is 3.50. The molecular weight excluding hydrogens is 393 g/mol. The summed E-state index contributed by atoms with van der Waals surface area (Å²) in [5.41, 5.74) is -0.422. The van der Waals surface area contributed by atoms with Gasteiger partial charge in [-0.1, -0.05) is 18.2 Å². The molecular formula is C22H27F3N4O. The number of amides is 1. The molecule has 30 heavy (non-hydrogen) atoms. The van der Waals surface area contributed by atoms with Gasteiger partial charge in [0.1, 0.15) is 0 Å². The van der Waals surface area contributed by atoms with Crippen LogP contribution in [0.4, 0.5) is 13.2 Å². The van der Waals surface area contributed by atoms with Crippen LogP contribution in [0.3, 0.4) is 0 Å². The van der Waals surface area contributed by atoms with E-state index in [4.69, 9.17) is 6.42 Å². The minimum absolute atomic E-state index is 0.103. The highest BCUT2D eigenvalue weighted by molar-refractivity contribution is 5.76. The molecule has 1 aromatic rings. The van der Waals surface area contributed by atoms with E-state index in [0.717, 1.165) is 18.9 Å². The third-order valence-electron chi connectivity index (χ3n) is 5.92. The lowest BCUT2D eigenvalue weighted by Crippen LogP contribution is -2.45. The number of likely N-dealkylation sites (tertiary alicyclic amines) is 1. The van der Waals surface area contributed by atoms with Gasteiger partial charge in [0.15, 0.2) is 5.66 Å². The summed E-state index contributed by atoms with van der Waals surface area (Å²) in [6, 6.07) is 5.70. The van der Waals surface area contributed by atoms with E-state index < -0.39 is 17.4 Å². The molecule has 1 saturated heterocycles. The molecule has 5 nitrogen and oxygen atoms in total. The molecule has 2 aliphatic heterocycles. The van der Waals surface area contributed by atoms with E-state index in [1.807, 2.05) is 11.9 Å². The van der Waals surface area contributed by atoms with E-state index >= 15 is 0 Å². The largest absolute Gasteiger partial charge is 0.416 e. The van der Waals surface area contributed by atoms with E-state index in [9.17, 15) is 18.0 Å². The summed E-state index contributed by atoms with van der Waals surface area (Å²) in [6.07, 6.45) is 4.86. The second-order valence-corrected chi connectivity index (χ2v) is 8.11. The maximum absolute atomic E-state index is 12.9. The zero-order valence-corrected chi connectivity index (χ0v) is 17.2. The smallest absolute Gasteiger partial charge is 0.343 e. The van der Waals surface area contributed by atoms with Gasteiger partial charge in [-0.15, -0.1) is 12.3 Å². The molecule has 0 radical (unpaired) electrons. The molecule has 2 heterocycles. The number of piperidine rings is 1. The lowest BCUT2D eigenvalue weighted by atomic mass is 9.99. The molecule has 0 bridgehead atoms. The van der Waals surface area contributed by atoms with Crippen molar-refractivity contribution in [1.29, 1.82) is 0 Å². The van der Waals surface area contributed by atoms with Crippen LogP contribution in [0.1, 0.15) is 49.7 Å². The van der Waals surface area contributed by atoms with Crippen molar-refractivity contribution >= 4 is 5.91 Å². The number of rotatable bonds is 8. The molecule has 0 unspecified atom stereocenters.